The summed E-state index contributed by atoms with van der Waals surface area (Å²) >= 11 is 1.88. The Labute approximate surface area is 107 Å². The molecule has 90 valence electrons. The quantitative estimate of drug-likeness (QED) is 0.825. The van der Waals surface area contributed by atoms with Gasteiger partial charge in [-0.15, -0.1) is 11.3 Å². The highest BCUT2D eigenvalue weighted by Gasteiger charge is 2.32. The van der Waals surface area contributed by atoms with Crippen LogP contribution in [0.25, 0.3) is 10.1 Å². The van der Waals surface area contributed by atoms with Crippen LogP contribution in [0.5, 0.6) is 0 Å². The molecule has 0 aliphatic heterocycles. The number of rotatable bonds is 5. The number of hydrogen-bond acceptors (Lipinski definition) is 2. The van der Waals surface area contributed by atoms with Gasteiger partial charge in [0.05, 0.1) is 0 Å². The summed E-state index contributed by atoms with van der Waals surface area (Å²) in [4.78, 5) is 0. The van der Waals surface area contributed by atoms with Gasteiger partial charge in [0.15, 0.2) is 0 Å². The van der Waals surface area contributed by atoms with Crippen LogP contribution >= 0.6 is 11.3 Å². The molecule has 1 fully saturated rings. The molecular formula is C15H19NS. The number of thiophene rings is 1. The normalized spacial score (nSPS) is 17.5. The van der Waals surface area contributed by atoms with E-state index in [0.29, 0.717) is 6.04 Å². The molecule has 0 saturated heterocycles. The fourth-order valence-electron chi connectivity index (χ4n) is 2.52. The standard InChI is InChI=1S/C15H19NS/c1-2-9-16-14(11-6-7-11)13-5-3-4-12-8-10-17-15(12)13/h3-5,8,10-11,14,16H,2,6-7,9H2,1H3. The Kier molecular flexibility index (Phi) is 3.17. The van der Waals surface area contributed by atoms with Crippen molar-refractivity contribution >= 4 is 21.4 Å². The molecule has 1 heterocycles. The van der Waals surface area contributed by atoms with Crippen molar-refractivity contribution in [1.82, 2.24) is 5.32 Å². The van der Waals surface area contributed by atoms with Gasteiger partial charge in [0.1, 0.15) is 0 Å². The molecule has 0 amide bonds. The zero-order valence-electron chi connectivity index (χ0n) is 10.3. The van der Waals surface area contributed by atoms with E-state index in [-0.39, 0.29) is 0 Å². The second-order valence-corrected chi connectivity index (χ2v) is 5.87. The first-order valence-electron chi connectivity index (χ1n) is 6.59. The monoisotopic (exact) mass is 245 g/mol. The number of nitrogens with one attached hydrogen (secondary N) is 1. The molecule has 0 spiro atoms. The summed E-state index contributed by atoms with van der Waals surface area (Å²) in [7, 11) is 0. The van der Waals surface area contributed by atoms with Crippen LogP contribution in [-0.4, -0.2) is 6.54 Å². The predicted molar refractivity (Wildman–Crippen MR) is 75.6 cm³/mol. The van der Waals surface area contributed by atoms with Crippen LogP contribution in [0.1, 0.15) is 37.8 Å². The summed E-state index contributed by atoms with van der Waals surface area (Å²) in [5, 5.41) is 7.34. The molecule has 0 bridgehead atoms. The molecule has 1 nitrogen and oxygen atoms in total. The minimum atomic E-state index is 0.581. The van der Waals surface area contributed by atoms with E-state index >= 15 is 0 Å². The first-order valence-corrected chi connectivity index (χ1v) is 7.47. The fourth-order valence-corrected chi connectivity index (χ4v) is 3.48. The molecule has 2 heteroatoms. The van der Waals surface area contributed by atoms with Gasteiger partial charge in [-0.05, 0) is 54.1 Å². The minimum Gasteiger partial charge on any atom is -0.310 e. The van der Waals surface area contributed by atoms with E-state index in [4.69, 9.17) is 0 Å². The topological polar surface area (TPSA) is 12.0 Å². The second-order valence-electron chi connectivity index (χ2n) is 4.96. The van der Waals surface area contributed by atoms with Crippen molar-refractivity contribution in [2.24, 2.45) is 5.92 Å². The van der Waals surface area contributed by atoms with Gasteiger partial charge in [0, 0.05) is 10.7 Å². The summed E-state index contributed by atoms with van der Waals surface area (Å²) < 4.78 is 1.48. The second kappa shape index (κ2) is 4.79. The van der Waals surface area contributed by atoms with E-state index < -0.39 is 0 Å². The maximum Gasteiger partial charge on any atom is 0.0390 e. The zero-order chi connectivity index (χ0) is 11.7. The Hall–Kier alpha value is -0.860. The maximum absolute atomic E-state index is 3.74. The Morgan fingerprint density at radius 2 is 2.24 bits per heavy atom. The molecule has 0 radical (unpaired) electrons. The molecule has 1 saturated carbocycles. The average molecular weight is 245 g/mol. The van der Waals surface area contributed by atoms with E-state index in [9.17, 15) is 0 Å². The number of hydrogen-bond donors (Lipinski definition) is 1. The van der Waals surface area contributed by atoms with Crippen LogP contribution in [0.15, 0.2) is 29.6 Å². The highest BCUT2D eigenvalue weighted by molar-refractivity contribution is 7.17. The third-order valence-electron chi connectivity index (χ3n) is 3.55. The Morgan fingerprint density at radius 3 is 3.00 bits per heavy atom. The zero-order valence-corrected chi connectivity index (χ0v) is 11.1. The molecule has 1 aliphatic rings. The van der Waals surface area contributed by atoms with Gasteiger partial charge in [0.25, 0.3) is 0 Å². The first-order chi connectivity index (χ1) is 8.40. The molecule has 17 heavy (non-hydrogen) atoms. The van der Waals surface area contributed by atoms with Crippen LogP contribution in [0.4, 0.5) is 0 Å². The Bertz CT molecular complexity index is 498. The third kappa shape index (κ3) is 2.24. The lowest BCUT2D eigenvalue weighted by Crippen LogP contribution is -2.23. The van der Waals surface area contributed by atoms with Crippen LogP contribution in [0.2, 0.25) is 0 Å². The van der Waals surface area contributed by atoms with E-state index in [2.05, 4.69) is 41.9 Å². The lowest BCUT2D eigenvalue weighted by Gasteiger charge is -2.19. The van der Waals surface area contributed by atoms with Crippen molar-refractivity contribution in [3.8, 4) is 0 Å². The van der Waals surface area contributed by atoms with Gasteiger partial charge in [-0.1, -0.05) is 25.1 Å². The van der Waals surface area contributed by atoms with Crippen molar-refractivity contribution < 1.29 is 0 Å². The summed E-state index contributed by atoms with van der Waals surface area (Å²) in [5.74, 6) is 0.870. The van der Waals surface area contributed by atoms with E-state index in [1.54, 1.807) is 0 Å². The van der Waals surface area contributed by atoms with Gasteiger partial charge >= 0.3 is 0 Å². The Balaban J connectivity index is 1.96. The molecule has 2 aromatic rings. The highest BCUT2D eigenvalue weighted by Crippen LogP contribution is 2.43. The third-order valence-corrected chi connectivity index (χ3v) is 4.53. The summed E-state index contributed by atoms with van der Waals surface area (Å²) in [6.07, 6.45) is 4.00. The minimum absolute atomic E-state index is 0.581. The molecule has 1 aromatic heterocycles. The number of fused-ring (bicyclic) bond motifs is 1. The molecular weight excluding hydrogens is 226 g/mol. The van der Waals surface area contributed by atoms with Crippen LogP contribution in [0.3, 0.4) is 0 Å². The summed E-state index contributed by atoms with van der Waals surface area (Å²) in [6, 6.07) is 9.54. The van der Waals surface area contributed by atoms with Crippen molar-refractivity contribution in [3.05, 3.63) is 35.2 Å². The lowest BCUT2D eigenvalue weighted by atomic mass is 10.0. The van der Waals surface area contributed by atoms with Crippen molar-refractivity contribution in [2.45, 2.75) is 32.2 Å². The summed E-state index contributed by atoms with van der Waals surface area (Å²) in [6.45, 7) is 3.37. The highest BCUT2D eigenvalue weighted by atomic mass is 32.1. The predicted octanol–water partition coefficient (Wildman–Crippen LogP) is 4.35. The van der Waals surface area contributed by atoms with Gasteiger partial charge < -0.3 is 5.32 Å². The van der Waals surface area contributed by atoms with E-state index in [0.717, 1.165) is 12.5 Å². The van der Waals surface area contributed by atoms with Gasteiger partial charge in [-0.25, -0.2) is 0 Å². The Morgan fingerprint density at radius 1 is 1.35 bits per heavy atom. The van der Waals surface area contributed by atoms with Gasteiger partial charge in [-0.2, -0.15) is 0 Å². The summed E-state index contributed by atoms with van der Waals surface area (Å²) in [5.41, 5.74) is 1.52. The maximum atomic E-state index is 3.74. The van der Waals surface area contributed by atoms with Crippen molar-refractivity contribution in [2.75, 3.05) is 6.54 Å². The average Bonchev–Trinajstić information content (AvgIpc) is 3.07. The molecule has 1 aromatic carbocycles. The molecule has 3 rings (SSSR count). The van der Waals surface area contributed by atoms with Crippen LogP contribution in [0, 0.1) is 5.92 Å². The van der Waals surface area contributed by atoms with E-state index in [1.165, 1.54) is 34.9 Å². The van der Waals surface area contributed by atoms with E-state index in [1.807, 2.05) is 11.3 Å². The largest absolute Gasteiger partial charge is 0.310 e. The SMILES string of the molecule is CCCNC(c1cccc2ccsc12)C1CC1. The fraction of sp³-hybridized carbons (Fsp3) is 0.467. The molecule has 1 atom stereocenters. The van der Waals surface area contributed by atoms with Gasteiger partial charge in [-0.3, -0.25) is 0 Å². The van der Waals surface area contributed by atoms with Crippen LogP contribution in [-0.2, 0) is 0 Å². The lowest BCUT2D eigenvalue weighted by molar-refractivity contribution is 0.484. The smallest absolute Gasteiger partial charge is 0.0390 e. The number of benzene rings is 1. The van der Waals surface area contributed by atoms with Crippen molar-refractivity contribution in [3.63, 3.8) is 0 Å². The van der Waals surface area contributed by atoms with Crippen LogP contribution < -0.4 is 5.32 Å². The van der Waals surface area contributed by atoms with Gasteiger partial charge in [0.2, 0.25) is 0 Å². The molecule has 1 aliphatic carbocycles. The molecule has 1 N–H and O–H groups in total. The molecule has 1 unspecified atom stereocenters. The first kappa shape index (κ1) is 11.2. The van der Waals surface area contributed by atoms with Crippen molar-refractivity contribution in [1.29, 1.82) is 0 Å².